The molecule has 0 bridgehead atoms. The molecule has 2 rings (SSSR count). The Bertz CT molecular complexity index is 451. The number of hydrogen-bond acceptors (Lipinski definition) is 4. The van der Waals surface area contributed by atoms with Gasteiger partial charge in [-0.3, -0.25) is 4.98 Å². The lowest BCUT2D eigenvalue weighted by molar-refractivity contribution is 0.298. The van der Waals surface area contributed by atoms with Gasteiger partial charge in [0.15, 0.2) is 0 Å². The molecule has 4 nitrogen and oxygen atoms in total. The lowest BCUT2D eigenvalue weighted by Crippen LogP contribution is -1.94. The van der Waals surface area contributed by atoms with Gasteiger partial charge in [0.25, 0.3) is 0 Å². The van der Waals surface area contributed by atoms with Crippen molar-refractivity contribution in [2.24, 2.45) is 0 Å². The highest BCUT2D eigenvalue weighted by Crippen LogP contribution is 2.22. The summed E-state index contributed by atoms with van der Waals surface area (Å²) in [6, 6.07) is 3.84. The minimum atomic E-state index is 0.110. The van der Waals surface area contributed by atoms with E-state index in [1.54, 1.807) is 12.5 Å². The lowest BCUT2D eigenvalue weighted by Gasteiger charge is -2.01. The maximum atomic E-state index is 8.82. The third-order valence-corrected chi connectivity index (χ3v) is 2.25. The molecule has 0 unspecified atom stereocenters. The van der Waals surface area contributed by atoms with Crippen molar-refractivity contribution in [3.8, 4) is 11.1 Å². The van der Waals surface area contributed by atoms with E-state index in [-0.39, 0.29) is 6.61 Å². The normalized spacial score (nSPS) is 10.5. The second kappa shape index (κ2) is 4.23. The number of aliphatic hydroxyl groups is 1. The van der Waals surface area contributed by atoms with Crippen LogP contribution in [0.2, 0.25) is 0 Å². The first-order valence-corrected chi connectivity index (χ1v) is 4.78. The Balaban J connectivity index is 2.37. The molecule has 0 aliphatic carbocycles. The summed E-state index contributed by atoms with van der Waals surface area (Å²) in [7, 11) is 0. The summed E-state index contributed by atoms with van der Waals surface area (Å²) < 4.78 is 4.88. The van der Waals surface area contributed by atoms with Crippen LogP contribution in [0, 0.1) is 6.92 Å². The van der Waals surface area contributed by atoms with Gasteiger partial charge in [-0.2, -0.15) is 0 Å². The van der Waals surface area contributed by atoms with Crippen LogP contribution < -0.4 is 0 Å². The minimum Gasteiger partial charge on any atom is -0.396 e. The second-order valence-corrected chi connectivity index (χ2v) is 3.32. The lowest BCUT2D eigenvalue weighted by atomic mass is 10.1. The quantitative estimate of drug-likeness (QED) is 0.824. The first-order valence-electron chi connectivity index (χ1n) is 4.78. The molecule has 0 aliphatic rings. The molecule has 0 aromatic carbocycles. The van der Waals surface area contributed by atoms with Crippen molar-refractivity contribution in [3.63, 3.8) is 0 Å². The topological polar surface area (TPSA) is 59.2 Å². The van der Waals surface area contributed by atoms with Crippen molar-refractivity contribution in [3.05, 3.63) is 36.0 Å². The molecule has 0 saturated carbocycles. The first-order chi connectivity index (χ1) is 7.31. The van der Waals surface area contributed by atoms with Crippen LogP contribution in [0.15, 0.2) is 29.1 Å². The number of hydrogen-bond donors (Lipinski definition) is 1. The zero-order valence-electron chi connectivity index (χ0n) is 8.47. The third-order valence-electron chi connectivity index (χ3n) is 2.25. The molecule has 0 saturated heterocycles. The summed E-state index contributed by atoms with van der Waals surface area (Å²) in [5.41, 5.74) is 3.72. The van der Waals surface area contributed by atoms with E-state index in [2.05, 4.69) is 10.1 Å². The second-order valence-electron chi connectivity index (χ2n) is 3.32. The van der Waals surface area contributed by atoms with Gasteiger partial charge in [0, 0.05) is 30.5 Å². The van der Waals surface area contributed by atoms with Gasteiger partial charge in [0.2, 0.25) is 0 Å². The molecule has 2 aromatic heterocycles. The van der Waals surface area contributed by atoms with E-state index >= 15 is 0 Å². The maximum Gasteiger partial charge on any atom is 0.131 e. The Morgan fingerprint density at radius 3 is 3.00 bits per heavy atom. The van der Waals surface area contributed by atoms with Crippen LogP contribution >= 0.6 is 0 Å². The number of nitrogens with zero attached hydrogens (tertiary/aromatic N) is 2. The Hall–Kier alpha value is -1.68. The molecule has 0 amide bonds. The fourth-order valence-corrected chi connectivity index (χ4v) is 1.47. The summed E-state index contributed by atoms with van der Waals surface area (Å²) >= 11 is 0. The molecular formula is C11H12N2O2. The van der Waals surface area contributed by atoms with Crippen molar-refractivity contribution >= 4 is 0 Å². The van der Waals surface area contributed by atoms with Gasteiger partial charge in [0.1, 0.15) is 6.26 Å². The fraction of sp³-hybridized carbons (Fsp3) is 0.273. The average Bonchev–Trinajstić information content (AvgIpc) is 2.65. The summed E-state index contributed by atoms with van der Waals surface area (Å²) in [5, 5.41) is 12.6. The highest BCUT2D eigenvalue weighted by atomic mass is 16.5. The van der Waals surface area contributed by atoms with Crippen LogP contribution in [-0.2, 0) is 6.42 Å². The van der Waals surface area contributed by atoms with E-state index in [0.717, 1.165) is 22.5 Å². The Kier molecular flexibility index (Phi) is 2.78. The standard InChI is InChI=1S/C11H12N2O2/c1-8-11(7-15-13-8)9-2-4-12-10(6-9)3-5-14/h2,4,6-7,14H,3,5H2,1H3. The van der Waals surface area contributed by atoms with Crippen molar-refractivity contribution in [1.29, 1.82) is 0 Å². The molecule has 0 atom stereocenters. The monoisotopic (exact) mass is 204 g/mol. The van der Waals surface area contributed by atoms with Crippen molar-refractivity contribution < 1.29 is 9.63 Å². The van der Waals surface area contributed by atoms with E-state index in [1.165, 1.54) is 0 Å². The molecule has 1 N–H and O–H groups in total. The fourth-order valence-electron chi connectivity index (χ4n) is 1.47. The van der Waals surface area contributed by atoms with Gasteiger partial charge >= 0.3 is 0 Å². The van der Waals surface area contributed by atoms with Gasteiger partial charge in [-0.15, -0.1) is 0 Å². The molecule has 0 radical (unpaired) electrons. The van der Waals surface area contributed by atoms with E-state index in [0.29, 0.717) is 6.42 Å². The molecule has 0 aliphatic heterocycles. The Morgan fingerprint density at radius 2 is 2.33 bits per heavy atom. The van der Waals surface area contributed by atoms with Gasteiger partial charge in [-0.05, 0) is 24.6 Å². The molecule has 0 fully saturated rings. The van der Waals surface area contributed by atoms with E-state index in [1.807, 2.05) is 19.1 Å². The van der Waals surface area contributed by atoms with Gasteiger partial charge in [-0.1, -0.05) is 5.16 Å². The van der Waals surface area contributed by atoms with Crippen LogP contribution in [0.3, 0.4) is 0 Å². The van der Waals surface area contributed by atoms with Crippen LogP contribution in [0.25, 0.3) is 11.1 Å². The van der Waals surface area contributed by atoms with Crippen molar-refractivity contribution in [2.75, 3.05) is 6.61 Å². The summed E-state index contributed by atoms with van der Waals surface area (Å²) in [6.07, 6.45) is 3.92. The van der Waals surface area contributed by atoms with Crippen LogP contribution in [0.5, 0.6) is 0 Å². The molecular weight excluding hydrogens is 192 g/mol. The molecule has 2 heterocycles. The van der Waals surface area contributed by atoms with Crippen molar-refractivity contribution in [2.45, 2.75) is 13.3 Å². The smallest absolute Gasteiger partial charge is 0.131 e. The number of rotatable bonds is 3. The molecule has 0 spiro atoms. The number of aromatic nitrogens is 2. The number of aliphatic hydroxyl groups excluding tert-OH is 1. The Labute approximate surface area is 87.6 Å². The predicted octanol–water partition coefficient (Wildman–Crippen LogP) is 1.58. The molecule has 15 heavy (non-hydrogen) atoms. The number of pyridine rings is 1. The predicted molar refractivity (Wildman–Crippen MR) is 55.3 cm³/mol. The zero-order chi connectivity index (χ0) is 10.7. The van der Waals surface area contributed by atoms with Crippen molar-refractivity contribution in [1.82, 2.24) is 10.1 Å². The highest BCUT2D eigenvalue weighted by Gasteiger charge is 2.06. The molecule has 2 aromatic rings. The summed E-state index contributed by atoms with van der Waals surface area (Å²) in [4.78, 5) is 4.16. The molecule has 4 heteroatoms. The Morgan fingerprint density at radius 1 is 1.47 bits per heavy atom. The number of aryl methyl sites for hydroxylation is 1. The summed E-state index contributed by atoms with van der Waals surface area (Å²) in [6.45, 7) is 2.00. The van der Waals surface area contributed by atoms with Gasteiger partial charge in [0.05, 0.1) is 5.69 Å². The third kappa shape index (κ3) is 2.05. The van der Waals surface area contributed by atoms with Gasteiger partial charge < -0.3 is 9.63 Å². The summed E-state index contributed by atoms with van der Waals surface area (Å²) in [5.74, 6) is 0. The van der Waals surface area contributed by atoms with Crippen LogP contribution in [-0.4, -0.2) is 21.9 Å². The minimum absolute atomic E-state index is 0.110. The van der Waals surface area contributed by atoms with Gasteiger partial charge in [-0.25, -0.2) is 0 Å². The van der Waals surface area contributed by atoms with E-state index in [4.69, 9.17) is 9.63 Å². The van der Waals surface area contributed by atoms with Crippen LogP contribution in [0.4, 0.5) is 0 Å². The zero-order valence-corrected chi connectivity index (χ0v) is 8.47. The first kappa shape index (κ1) is 9.86. The van der Waals surface area contributed by atoms with E-state index < -0.39 is 0 Å². The SMILES string of the molecule is Cc1nocc1-c1ccnc(CCO)c1. The maximum absolute atomic E-state index is 8.82. The largest absolute Gasteiger partial charge is 0.396 e. The van der Waals surface area contributed by atoms with Crippen LogP contribution in [0.1, 0.15) is 11.4 Å². The average molecular weight is 204 g/mol. The highest BCUT2D eigenvalue weighted by molar-refractivity contribution is 5.64. The molecule has 78 valence electrons. The van der Waals surface area contributed by atoms with E-state index in [9.17, 15) is 0 Å².